The summed E-state index contributed by atoms with van der Waals surface area (Å²) in [5.41, 5.74) is 7.16. The van der Waals surface area contributed by atoms with Crippen LogP contribution in [0.25, 0.3) is 11.0 Å². The first kappa shape index (κ1) is 10.5. The number of fused-ring (bicyclic) bond motifs is 1. The van der Waals surface area contributed by atoms with E-state index in [0.29, 0.717) is 19.2 Å². The molecule has 0 aliphatic carbocycles. The molecule has 2 N–H and O–H groups in total. The van der Waals surface area contributed by atoms with Crippen molar-refractivity contribution in [3.63, 3.8) is 0 Å². The van der Waals surface area contributed by atoms with Gasteiger partial charge in [0.2, 0.25) is 5.95 Å². The average molecular weight is 235 g/mol. The van der Waals surface area contributed by atoms with Crippen LogP contribution in [0.4, 0.5) is 10.3 Å². The largest absolute Gasteiger partial charge is 0.379 e. The van der Waals surface area contributed by atoms with Crippen LogP contribution >= 0.6 is 0 Å². The van der Waals surface area contributed by atoms with E-state index in [4.69, 9.17) is 10.5 Å². The molecule has 90 valence electrons. The number of hydrogen-bond donors (Lipinski definition) is 1. The van der Waals surface area contributed by atoms with Crippen LogP contribution in [0.1, 0.15) is 13.3 Å². The number of benzene rings is 1. The van der Waals surface area contributed by atoms with Crippen molar-refractivity contribution in [2.75, 3.05) is 18.9 Å². The Bertz CT molecular complexity index is 572. The van der Waals surface area contributed by atoms with Crippen molar-refractivity contribution in [3.05, 3.63) is 24.0 Å². The average Bonchev–Trinajstić information content (AvgIpc) is 2.82. The molecule has 17 heavy (non-hydrogen) atoms. The van der Waals surface area contributed by atoms with E-state index >= 15 is 0 Å². The lowest BCUT2D eigenvalue weighted by Gasteiger charge is -2.25. The number of rotatable bonds is 1. The molecule has 1 aromatic carbocycles. The fourth-order valence-corrected chi connectivity index (χ4v) is 2.47. The minimum Gasteiger partial charge on any atom is -0.379 e. The number of imidazole rings is 1. The smallest absolute Gasteiger partial charge is 0.201 e. The number of hydrogen-bond acceptors (Lipinski definition) is 3. The first-order chi connectivity index (χ1) is 8.10. The standard InChI is InChI=1S/C12H14FN3O/c1-12(4-5-17-7-12)16-10-6-8(13)2-3-9(10)15-11(16)14/h2-3,6H,4-5,7H2,1H3,(H2,14,15). The van der Waals surface area contributed by atoms with E-state index in [-0.39, 0.29) is 11.4 Å². The van der Waals surface area contributed by atoms with Gasteiger partial charge >= 0.3 is 0 Å². The van der Waals surface area contributed by atoms with Crippen LogP contribution in [0, 0.1) is 5.82 Å². The summed E-state index contributed by atoms with van der Waals surface area (Å²) in [4.78, 5) is 4.26. The summed E-state index contributed by atoms with van der Waals surface area (Å²) in [7, 11) is 0. The third-order valence-electron chi connectivity index (χ3n) is 3.38. The van der Waals surface area contributed by atoms with Crippen LogP contribution in [-0.4, -0.2) is 22.8 Å². The first-order valence-corrected chi connectivity index (χ1v) is 5.62. The van der Waals surface area contributed by atoms with Gasteiger partial charge in [0.25, 0.3) is 0 Å². The molecule has 0 spiro atoms. The predicted molar refractivity (Wildman–Crippen MR) is 63.2 cm³/mol. The van der Waals surface area contributed by atoms with Crippen molar-refractivity contribution < 1.29 is 9.13 Å². The minimum atomic E-state index is -0.277. The molecule has 0 radical (unpaired) electrons. The van der Waals surface area contributed by atoms with Crippen LogP contribution in [0.3, 0.4) is 0 Å². The van der Waals surface area contributed by atoms with Gasteiger partial charge in [-0.1, -0.05) is 0 Å². The predicted octanol–water partition coefficient (Wildman–Crippen LogP) is 1.89. The Morgan fingerprint density at radius 2 is 2.35 bits per heavy atom. The van der Waals surface area contributed by atoms with Gasteiger partial charge in [-0.3, -0.25) is 0 Å². The van der Waals surface area contributed by atoms with E-state index in [1.807, 2.05) is 4.57 Å². The Morgan fingerprint density at radius 3 is 3.06 bits per heavy atom. The van der Waals surface area contributed by atoms with Gasteiger partial charge in [0.1, 0.15) is 5.82 Å². The Hall–Kier alpha value is -1.62. The maximum atomic E-state index is 13.3. The van der Waals surface area contributed by atoms with Crippen LogP contribution in [-0.2, 0) is 10.3 Å². The molecule has 2 aromatic rings. The molecule has 1 atom stereocenters. The summed E-state index contributed by atoms with van der Waals surface area (Å²) in [5.74, 6) is 0.139. The molecule has 3 rings (SSSR count). The topological polar surface area (TPSA) is 53.1 Å². The van der Waals surface area contributed by atoms with Crippen molar-refractivity contribution in [3.8, 4) is 0 Å². The van der Waals surface area contributed by atoms with Crippen molar-refractivity contribution in [2.24, 2.45) is 0 Å². The van der Waals surface area contributed by atoms with E-state index in [9.17, 15) is 4.39 Å². The zero-order valence-corrected chi connectivity index (χ0v) is 9.61. The van der Waals surface area contributed by atoms with E-state index in [1.165, 1.54) is 12.1 Å². The van der Waals surface area contributed by atoms with Gasteiger partial charge in [-0.25, -0.2) is 9.37 Å². The Balaban J connectivity index is 2.27. The maximum absolute atomic E-state index is 13.3. The molecule has 0 amide bonds. The monoisotopic (exact) mass is 235 g/mol. The molecule has 1 unspecified atom stereocenters. The third-order valence-corrected chi connectivity index (χ3v) is 3.38. The van der Waals surface area contributed by atoms with Crippen molar-refractivity contribution in [1.29, 1.82) is 0 Å². The second kappa shape index (κ2) is 3.43. The number of ether oxygens (including phenoxy) is 1. The van der Waals surface area contributed by atoms with E-state index < -0.39 is 0 Å². The Morgan fingerprint density at radius 1 is 1.53 bits per heavy atom. The van der Waals surface area contributed by atoms with Crippen molar-refractivity contribution >= 4 is 17.0 Å². The zero-order chi connectivity index (χ0) is 12.0. The van der Waals surface area contributed by atoms with E-state index in [2.05, 4.69) is 11.9 Å². The lowest BCUT2D eigenvalue weighted by atomic mass is 10.0. The molecule has 0 bridgehead atoms. The Kier molecular flexibility index (Phi) is 2.13. The number of aromatic nitrogens is 2. The highest BCUT2D eigenvalue weighted by atomic mass is 19.1. The molecule has 0 saturated carbocycles. The van der Waals surface area contributed by atoms with Gasteiger partial charge in [-0.05, 0) is 31.5 Å². The SMILES string of the molecule is CC1(n2c(N)nc3ccc(F)cc32)CCOC1. The lowest BCUT2D eigenvalue weighted by Crippen LogP contribution is -2.31. The molecule has 1 saturated heterocycles. The van der Waals surface area contributed by atoms with E-state index in [1.54, 1.807) is 6.07 Å². The second-order valence-corrected chi connectivity index (χ2v) is 4.74. The second-order valence-electron chi connectivity index (χ2n) is 4.74. The molecular weight excluding hydrogens is 221 g/mol. The van der Waals surface area contributed by atoms with Gasteiger partial charge < -0.3 is 15.0 Å². The van der Waals surface area contributed by atoms with Crippen LogP contribution < -0.4 is 5.73 Å². The highest BCUT2D eigenvalue weighted by Gasteiger charge is 2.34. The summed E-state index contributed by atoms with van der Waals surface area (Å²) in [6.07, 6.45) is 0.860. The van der Waals surface area contributed by atoms with Crippen LogP contribution in [0.15, 0.2) is 18.2 Å². The number of nitrogen functional groups attached to an aromatic ring is 1. The molecule has 4 nitrogen and oxygen atoms in total. The molecular formula is C12H14FN3O. The molecule has 5 heteroatoms. The highest BCUT2D eigenvalue weighted by molar-refractivity contribution is 5.78. The van der Waals surface area contributed by atoms with Gasteiger partial charge in [0.05, 0.1) is 23.2 Å². The van der Waals surface area contributed by atoms with Gasteiger partial charge in [0.15, 0.2) is 0 Å². The Labute approximate surface area is 98.2 Å². The molecule has 1 aromatic heterocycles. The fraction of sp³-hybridized carbons (Fsp3) is 0.417. The molecule has 1 aliphatic rings. The fourth-order valence-electron chi connectivity index (χ4n) is 2.47. The lowest BCUT2D eigenvalue weighted by molar-refractivity contribution is 0.164. The summed E-state index contributed by atoms with van der Waals surface area (Å²) in [5, 5.41) is 0. The number of nitrogens with zero attached hydrogens (tertiary/aromatic N) is 2. The first-order valence-electron chi connectivity index (χ1n) is 5.62. The third kappa shape index (κ3) is 1.50. The van der Waals surface area contributed by atoms with Gasteiger partial charge in [-0.2, -0.15) is 0 Å². The van der Waals surface area contributed by atoms with E-state index in [0.717, 1.165) is 17.5 Å². The summed E-state index contributed by atoms with van der Waals surface area (Å²) >= 11 is 0. The van der Waals surface area contributed by atoms with Crippen LogP contribution in [0.5, 0.6) is 0 Å². The van der Waals surface area contributed by atoms with Crippen LogP contribution in [0.2, 0.25) is 0 Å². The zero-order valence-electron chi connectivity index (χ0n) is 9.61. The minimum absolute atomic E-state index is 0.230. The van der Waals surface area contributed by atoms with Crippen molar-refractivity contribution in [1.82, 2.24) is 9.55 Å². The summed E-state index contributed by atoms with van der Waals surface area (Å²) in [6.45, 7) is 3.34. The number of nitrogens with two attached hydrogens (primary N) is 1. The van der Waals surface area contributed by atoms with Crippen molar-refractivity contribution in [2.45, 2.75) is 18.9 Å². The maximum Gasteiger partial charge on any atom is 0.201 e. The van der Waals surface area contributed by atoms with Gasteiger partial charge in [0, 0.05) is 6.61 Å². The number of anilines is 1. The summed E-state index contributed by atoms with van der Waals surface area (Å²) < 4.78 is 20.6. The normalized spacial score (nSPS) is 24.6. The quantitative estimate of drug-likeness (QED) is 0.821. The van der Waals surface area contributed by atoms with Gasteiger partial charge in [-0.15, -0.1) is 0 Å². The highest BCUT2D eigenvalue weighted by Crippen LogP contribution is 2.33. The molecule has 1 fully saturated rings. The number of halogens is 1. The summed E-state index contributed by atoms with van der Waals surface area (Å²) in [6, 6.07) is 4.52. The molecule has 1 aliphatic heterocycles. The molecule has 2 heterocycles.